The van der Waals surface area contributed by atoms with E-state index in [1.54, 1.807) is 0 Å². The fraction of sp³-hybridized carbons (Fsp3) is 0.588. The second kappa shape index (κ2) is 7.63. The lowest BCUT2D eigenvalue weighted by Gasteiger charge is -2.25. The SMILES string of the molecule is CC[C@@H](C)c1ccccc1NC(=S)NC1CCCCC1. The van der Waals surface area contributed by atoms with Crippen molar-refractivity contribution in [3.05, 3.63) is 29.8 Å². The van der Waals surface area contributed by atoms with Crippen LogP contribution in [0.4, 0.5) is 5.69 Å². The lowest BCUT2D eigenvalue weighted by Crippen LogP contribution is -2.39. The number of thiocarbonyl (C=S) groups is 1. The van der Waals surface area contributed by atoms with Crippen LogP contribution in [0.5, 0.6) is 0 Å². The molecule has 0 radical (unpaired) electrons. The summed E-state index contributed by atoms with van der Waals surface area (Å²) in [5, 5.41) is 7.64. The predicted molar refractivity (Wildman–Crippen MR) is 91.4 cm³/mol. The van der Waals surface area contributed by atoms with Crippen LogP contribution in [0.2, 0.25) is 0 Å². The van der Waals surface area contributed by atoms with Gasteiger partial charge in [0.05, 0.1) is 0 Å². The van der Waals surface area contributed by atoms with Crippen LogP contribution >= 0.6 is 12.2 Å². The first-order valence-electron chi connectivity index (χ1n) is 7.87. The first-order chi connectivity index (χ1) is 9.70. The molecule has 1 saturated carbocycles. The lowest BCUT2D eigenvalue weighted by atomic mass is 9.95. The van der Waals surface area contributed by atoms with E-state index >= 15 is 0 Å². The van der Waals surface area contributed by atoms with E-state index in [1.165, 1.54) is 37.7 Å². The van der Waals surface area contributed by atoms with E-state index in [-0.39, 0.29) is 0 Å². The van der Waals surface area contributed by atoms with Crippen LogP contribution in [0, 0.1) is 0 Å². The van der Waals surface area contributed by atoms with Gasteiger partial charge in [0.25, 0.3) is 0 Å². The number of para-hydroxylation sites is 1. The lowest BCUT2D eigenvalue weighted by molar-refractivity contribution is 0.415. The van der Waals surface area contributed by atoms with Crippen molar-refractivity contribution < 1.29 is 0 Å². The third kappa shape index (κ3) is 4.20. The van der Waals surface area contributed by atoms with Gasteiger partial charge >= 0.3 is 0 Å². The standard InChI is InChI=1S/C17H26N2S/c1-3-13(2)15-11-7-8-12-16(15)19-17(20)18-14-9-5-4-6-10-14/h7-8,11-14H,3-6,9-10H2,1-2H3,(H2,18,19,20)/t13-/m1/s1. The van der Waals surface area contributed by atoms with Gasteiger partial charge in [-0.3, -0.25) is 0 Å². The van der Waals surface area contributed by atoms with Crippen molar-refractivity contribution in [3.8, 4) is 0 Å². The van der Waals surface area contributed by atoms with Crippen molar-refractivity contribution in [1.82, 2.24) is 5.32 Å². The van der Waals surface area contributed by atoms with Crippen LogP contribution in [0.3, 0.4) is 0 Å². The molecule has 1 fully saturated rings. The number of hydrogen-bond donors (Lipinski definition) is 2. The summed E-state index contributed by atoms with van der Waals surface area (Å²) in [6, 6.07) is 9.04. The van der Waals surface area contributed by atoms with E-state index in [9.17, 15) is 0 Å². The zero-order valence-electron chi connectivity index (χ0n) is 12.6. The van der Waals surface area contributed by atoms with Gasteiger partial charge in [-0.25, -0.2) is 0 Å². The van der Waals surface area contributed by atoms with Crippen LogP contribution in [0.1, 0.15) is 63.9 Å². The van der Waals surface area contributed by atoms with Crippen LogP contribution in [0.15, 0.2) is 24.3 Å². The summed E-state index contributed by atoms with van der Waals surface area (Å²) < 4.78 is 0. The molecule has 3 heteroatoms. The molecule has 0 spiro atoms. The second-order valence-electron chi connectivity index (χ2n) is 5.83. The van der Waals surface area contributed by atoms with Crippen molar-refractivity contribution in [2.75, 3.05) is 5.32 Å². The molecule has 0 heterocycles. The van der Waals surface area contributed by atoms with Gasteiger partial charge in [-0.2, -0.15) is 0 Å². The Balaban J connectivity index is 1.96. The Morgan fingerprint density at radius 1 is 1.25 bits per heavy atom. The Kier molecular flexibility index (Phi) is 5.84. The highest BCUT2D eigenvalue weighted by atomic mass is 32.1. The van der Waals surface area contributed by atoms with E-state index < -0.39 is 0 Å². The number of anilines is 1. The van der Waals surface area contributed by atoms with E-state index in [4.69, 9.17) is 12.2 Å². The maximum Gasteiger partial charge on any atom is 0.171 e. The monoisotopic (exact) mass is 290 g/mol. The first kappa shape index (κ1) is 15.3. The predicted octanol–water partition coefficient (Wildman–Crippen LogP) is 4.82. The molecule has 1 atom stereocenters. The van der Waals surface area contributed by atoms with Crippen LogP contribution < -0.4 is 10.6 Å². The zero-order chi connectivity index (χ0) is 14.4. The zero-order valence-corrected chi connectivity index (χ0v) is 13.4. The van der Waals surface area contributed by atoms with Gasteiger partial charge < -0.3 is 10.6 Å². The van der Waals surface area contributed by atoms with E-state index in [0.29, 0.717) is 12.0 Å². The Hall–Kier alpha value is -1.09. The largest absolute Gasteiger partial charge is 0.360 e. The van der Waals surface area contributed by atoms with Gasteiger partial charge in [-0.15, -0.1) is 0 Å². The van der Waals surface area contributed by atoms with Gasteiger partial charge in [0.2, 0.25) is 0 Å². The fourth-order valence-corrected chi connectivity index (χ4v) is 3.13. The molecule has 2 rings (SSSR count). The smallest absolute Gasteiger partial charge is 0.171 e. The van der Waals surface area contributed by atoms with E-state index in [2.05, 4.69) is 48.7 Å². The van der Waals surface area contributed by atoms with Gasteiger partial charge in [0, 0.05) is 11.7 Å². The minimum absolute atomic E-state index is 0.552. The van der Waals surface area contributed by atoms with Crippen molar-refractivity contribution >= 4 is 23.0 Å². The van der Waals surface area contributed by atoms with Crippen molar-refractivity contribution in [1.29, 1.82) is 0 Å². The summed E-state index contributed by atoms with van der Waals surface area (Å²) >= 11 is 5.48. The third-order valence-electron chi connectivity index (χ3n) is 4.29. The number of nitrogens with one attached hydrogen (secondary N) is 2. The number of hydrogen-bond acceptors (Lipinski definition) is 1. The Bertz CT molecular complexity index is 438. The molecule has 0 aromatic heterocycles. The summed E-state index contributed by atoms with van der Waals surface area (Å²) in [6.07, 6.45) is 7.65. The molecular weight excluding hydrogens is 264 g/mol. The number of rotatable bonds is 4. The van der Waals surface area contributed by atoms with E-state index in [1.807, 2.05) is 0 Å². The Labute approximate surface area is 128 Å². The summed E-state index contributed by atoms with van der Waals surface area (Å²) in [6.45, 7) is 4.48. The molecule has 0 aliphatic heterocycles. The molecule has 110 valence electrons. The second-order valence-corrected chi connectivity index (χ2v) is 6.24. The average molecular weight is 290 g/mol. The first-order valence-corrected chi connectivity index (χ1v) is 8.28. The van der Waals surface area contributed by atoms with Gasteiger partial charge in [-0.1, -0.05) is 51.3 Å². The molecule has 1 aromatic carbocycles. The summed E-state index contributed by atoms with van der Waals surface area (Å²) in [5.41, 5.74) is 2.50. The molecule has 1 aliphatic rings. The maximum atomic E-state index is 5.48. The topological polar surface area (TPSA) is 24.1 Å². The van der Waals surface area contributed by atoms with Crippen molar-refractivity contribution in [2.24, 2.45) is 0 Å². The molecule has 1 aliphatic carbocycles. The molecule has 0 saturated heterocycles. The summed E-state index contributed by atoms with van der Waals surface area (Å²) in [7, 11) is 0. The quantitative estimate of drug-likeness (QED) is 0.777. The minimum Gasteiger partial charge on any atom is -0.360 e. The highest BCUT2D eigenvalue weighted by Crippen LogP contribution is 2.26. The van der Waals surface area contributed by atoms with Gasteiger partial charge in [-0.05, 0) is 49.0 Å². The highest BCUT2D eigenvalue weighted by Gasteiger charge is 2.15. The normalized spacial score (nSPS) is 17.5. The van der Waals surface area contributed by atoms with Crippen LogP contribution in [-0.2, 0) is 0 Å². The third-order valence-corrected chi connectivity index (χ3v) is 4.51. The maximum absolute atomic E-state index is 5.48. The highest BCUT2D eigenvalue weighted by molar-refractivity contribution is 7.80. The molecule has 2 nitrogen and oxygen atoms in total. The fourth-order valence-electron chi connectivity index (χ4n) is 2.85. The molecule has 1 aromatic rings. The van der Waals surface area contributed by atoms with Gasteiger partial charge in [0.15, 0.2) is 5.11 Å². The Morgan fingerprint density at radius 2 is 1.95 bits per heavy atom. The molecule has 20 heavy (non-hydrogen) atoms. The molecule has 0 unspecified atom stereocenters. The summed E-state index contributed by atoms with van der Waals surface area (Å²) in [4.78, 5) is 0. The minimum atomic E-state index is 0.552. The Morgan fingerprint density at radius 3 is 2.65 bits per heavy atom. The van der Waals surface area contributed by atoms with Crippen LogP contribution in [0.25, 0.3) is 0 Å². The molecule has 0 bridgehead atoms. The van der Waals surface area contributed by atoms with Crippen molar-refractivity contribution in [2.45, 2.75) is 64.3 Å². The molecular formula is C17H26N2S. The van der Waals surface area contributed by atoms with Crippen LogP contribution in [-0.4, -0.2) is 11.2 Å². The molecule has 0 amide bonds. The summed E-state index contributed by atoms with van der Waals surface area (Å²) in [5.74, 6) is 0.552. The molecule has 2 N–H and O–H groups in total. The van der Waals surface area contributed by atoms with Gasteiger partial charge in [0.1, 0.15) is 0 Å². The van der Waals surface area contributed by atoms with Crippen molar-refractivity contribution in [3.63, 3.8) is 0 Å². The van der Waals surface area contributed by atoms with E-state index in [0.717, 1.165) is 17.2 Å². The average Bonchev–Trinajstić information content (AvgIpc) is 2.48. The number of benzene rings is 1.